The van der Waals surface area contributed by atoms with Crippen molar-refractivity contribution in [3.8, 4) is 10.6 Å². The van der Waals surface area contributed by atoms with Gasteiger partial charge in [0.2, 0.25) is 5.91 Å². The van der Waals surface area contributed by atoms with Gasteiger partial charge in [0.1, 0.15) is 10.5 Å². The first-order valence-electron chi connectivity index (χ1n) is 9.39. The Hall–Kier alpha value is -3.23. The fourth-order valence-electron chi connectivity index (χ4n) is 3.29. The average Bonchev–Trinajstić information content (AvgIpc) is 3.23. The molecule has 1 aromatic heterocycles. The SMILES string of the molecule is CC1(C)C(=O)Nc2ccccc2N1C(=O)COC(=O)c1csc(-c2cccc(Cl)c2)n1. The monoisotopic (exact) mass is 455 g/mol. The predicted molar refractivity (Wildman–Crippen MR) is 119 cm³/mol. The van der Waals surface area contributed by atoms with E-state index in [9.17, 15) is 14.4 Å². The van der Waals surface area contributed by atoms with Gasteiger partial charge in [0.25, 0.3) is 5.91 Å². The van der Waals surface area contributed by atoms with E-state index in [1.54, 1.807) is 61.7 Å². The van der Waals surface area contributed by atoms with Gasteiger partial charge >= 0.3 is 5.97 Å². The molecule has 0 unspecified atom stereocenters. The van der Waals surface area contributed by atoms with Crippen LogP contribution >= 0.6 is 22.9 Å². The van der Waals surface area contributed by atoms with Gasteiger partial charge in [-0.05, 0) is 38.1 Å². The van der Waals surface area contributed by atoms with Gasteiger partial charge in [0, 0.05) is 16.0 Å². The van der Waals surface area contributed by atoms with Crippen molar-refractivity contribution in [2.75, 3.05) is 16.8 Å². The Morgan fingerprint density at radius 2 is 1.97 bits per heavy atom. The van der Waals surface area contributed by atoms with Gasteiger partial charge in [-0.15, -0.1) is 11.3 Å². The molecule has 1 N–H and O–H groups in total. The van der Waals surface area contributed by atoms with Gasteiger partial charge < -0.3 is 10.1 Å². The number of anilines is 2. The molecule has 0 aliphatic carbocycles. The van der Waals surface area contributed by atoms with Crippen molar-refractivity contribution in [2.24, 2.45) is 0 Å². The second-order valence-electron chi connectivity index (χ2n) is 7.38. The van der Waals surface area contributed by atoms with E-state index in [1.807, 2.05) is 6.07 Å². The largest absolute Gasteiger partial charge is 0.451 e. The Morgan fingerprint density at radius 1 is 1.19 bits per heavy atom. The van der Waals surface area contributed by atoms with E-state index in [1.165, 1.54) is 16.2 Å². The van der Waals surface area contributed by atoms with E-state index in [0.29, 0.717) is 21.4 Å². The van der Waals surface area contributed by atoms with E-state index in [0.717, 1.165) is 5.56 Å². The highest BCUT2D eigenvalue weighted by atomic mass is 35.5. The Balaban J connectivity index is 1.49. The summed E-state index contributed by atoms with van der Waals surface area (Å²) in [6.45, 7) is 2.75. The van der Waals surface area contributed by atoms with E-state index < -0.39 is 24.0 Å². The molecule has 2 aromatic carbocycles. The third-order valence-electron chi connectivity index (χ3n) is 4.87. The summed E-state index contributed by atoms with van der Waals surface area (Å²) >= 11 is 7.28. The molecule has 2 heterocycles. The quantitative estimate of drug-likeness (QED) is 0.589. The number of hydrogen-bond donors (Lipinski definition) is 1. The summed E-state index contributed by atoms with van der Waals surface area (Å²) in [4.78, 5) is 43.5. The van der Waals surface area contributed by atoms with Gasteiger partial charge in [-0.3, -0.25) is 14.5 Å². The minimum atomic E-state index is -1.14. The number of nitrogens with zero attached hydrogens (tertiary/aromatic N) is 2. The minimum absolute atomic E-state index is 0.101. The number of esters is 1. The van der Waals surface area contributed by atoms with E-state index in [2.05, 4.69) is 10.3 Å². The van der Waals surface area contributed by atoms with Gasteiger partial charge in [0.05, 0.1) is 11.4 Å². The van der Waals surface area contributed by atoms with E-state index >= 15 is 0 Å². The molecule has 1 aliphatic heterocycles. The summed E-state index contributed by atoms with van der Waals surface area (Å²) in [5.74, 6) is -1.55. The minimum Gasteiger partial charge on any atom is -0.451 e. The molecule has 2 amide bonds. The molecule has 0 bridgehead atoms. The van der Waals surface area contributed by atoms with Crippen LogP contribution in [0.15, 0.2) is 53.9 Å². The first-order chi connectivity index (χ1) is 14.8. The van der Waals surface area contributed by atoms with Gasteiger partial charge in [0.15, 0.2) is 12.3 Å². The summed E-state index contributed by atoms with van der Waals surface area (Å²) in [5.41, 5.74) is 0.814. The highest BCUT2D eigenvalue weighted by Crippen LogP contribution is 2.36. The highest BCUT2D eigenvalue weighted by molar-refractivity contribution is 7.13. The number of rotatable bonds is 4. The summed E-state index contributed by atoms with van der Waals surface area (Å²) < 4.78 is 5.22. The number of benzene rings is 2. The second-order valence-corrected chi connectivity index (χ2v) is 8.68. The van der Waals surface area contributed by atoms with Crippen LogP contribution in [0.5, 0.6) is 0 Å². The number of fused-ring (bicyclic) bond motifs is 1. The van der Waals surface area contributed by atoms with E-state index in [4.69, 9.17) is 16.3 Å². The normalized spacial score (nSPS) is 14.5. The van der Waals surface area contributed by atoms with Crippen molar-refractivity contribution in [1.29, 1.82) is 0 Å². The third-order valence-corrected chi connectivity index (χ3v) is 6.00. The van der Waals surface area contributed by atoms with Crippen LogP contribution in [0.3, 0.4) is 0 Å². The number of para-hydroxylation sites is 2. The molecule has 7 nitrogen and oxygen atoms in total. The zero-order chi connectivity index (χ0) is 22.2. The number of halogens is 1. The third kappa shape index (κ3) is 4.04. The topological polar surface area (TPSA) is 88.6 Å². The summed E-state index contributed by atoms with van der Waals surface area (Å²) in [6, 6.07) is 14.1. The molecule has 1 aliphatic rings. The lowest BCUT2D eigenvalue weighted by Crippen LogP contribution is -2.59. The fraction of sp³-hybridized carbons (Fsp3) is 0.182. The van der Waals surface area contributed by atoms with Gasteiger partial charge in [-0.25, -0.2) is 9.78 Å². The molecule has 4 rings (SSSR count). The Bertz CT molecular complexity index is 1190. The van der Waals surface area contributed by atoms with Crippen molar-refractivity contribution >= 4 is 52.1 Å². The molecule has 0 spiro atoms. The summed E-state index contributed by atoms with van der Waals surface area (Å²) in [6.07, 6.45) is 0. The van der Waals surface area contributed by atoms with Crippen LogP contribution in [-0.4, -0.2) is 34.9 Å². The lowest BCUT2D eigenvalue weighted by atomic mass is 9.96. The lowest BCUT2D eigenvalue weighted by Gasteiger charge is -2.41. The second kappa shape index (κ2) is 8.13. The Kier molecular flexibility index (Phi) is 5.51. The number of carbonyl (C=O) groups is 3. The lowest BCUT2D eigenvalue weighted by molar-refractivity contribution is -0.128. The number of amides is 2. The molecular weight excluding hydrogens is 438 g/mol. The van der Waals surface area contributed by atoms with Crippen LogP contribution in [0.1, 0.15) is 24.3 Å². The molecule has 0 fully saturated rings. The van der Waals surface area contributed by atoms with Crippen LogP contribution in [0.2, 0.25) is 5.02 Å². The van der Waals surface area contributed by atoms with Crippen molar-refractivity contribution in [3.63, 3.8) is 0 Å². The van der Waals surface area contributed by atoms with Crippen LogP contribution in [0, 0.1) is 0 Å². The Morgan fingerprint density at radius 3 is 2.74 bits per heavy atom. The number of thiazole rings is 1. The smallest absolute Gasteiger partial charge is 0.358 e. The number of carbonyl (C=O) groups excluding carboxylic acids is 3. The van der Waals surface area contributed by atoms with Crippen molar-refractivity contribution in [3.05, 3.63) is 64.6 Å². The highest BCUT2D eigenvalue weighted by Gasteiger charge is 2.43. The van der Waals surface area contributed by atoms with Crippen LogP contribution in [0.25, 0.3) is 10.6 Å². The molecular formula is C22H18ClN3O4S. The predicted octanol–water partition coefficient (Wildman–Crippen LogP) is 4.38. The van der Waals surface area contributed by atoms with Gasteiger partial charge in [-0.2, -0.15) is 0 Å². The zero-order valence-electron chi connectivity index (χ0n) is 16.7. The maximum absolute atomic E-state index is 13.0. The molecule has 9 heteroatoms. The van der Waals surface area contributed by atoms with Crippen LogP contribution < -0.4 is 10.2 Å². The first kappa shape index (κ1) is 21.0. The molecule has 0 saturated carbocycles. The average molecular weight is 456 g/mol. The number of hydrogen-bond acceptors (Lipinski definition) is 6. The number of nitrogens with one attached hydrogen (secondary N) is 1. The summed E-state index contributed by atoms with van der Waals surface area (Å²) in [7, 11) is 0. The van der Waals surface area contributed by atoms with Gasteiger partial charge in [-0.1, -0.05) is 35.9 Å². The van der Waals surface area contributed by atoms with Crippen molar-refractivity contribution in [1.82, 2.24) is 4.98 Å². The zero-order valence-corrected chi connectivity index (χ0v) is 18.3. The van der Waals surface area contributed by atoms with E-state index in [-0.39, 0.29) is 11.6 Å². The molecule has 0 saturated heterocycles. The molecule has 158 valence electrons. The van der Waals surface area contributed by atoms with Crippen LogP contribution in [0.4, 0.5) is 11.4 Å². The molecule has 3 aromatic rings. The maximum atomic E-state index is 13.0. The van der Waals surface area contributed by atoms with Crippen LogP contribution in [-0.2, 0) is 14.3 Å². The Labute approximate surface area is 187 Å². The summed E-state index contributed by atoms with van der Waals surface area (Å²) in [5, 5.41) is 5.54. The molecule has 0 atom stereocenters. The standard InChI is InChI=1S/C22H18ClN3O4S/c1-22(2)21(29)25-15-8-3-4-9-17(15)26(22)18(27)11-30-20(28)16-12-31-19(24-16)13-6-5-7-14(23)10-13/h3-10,12H,11H2,1-2H3,(H,25,29). The number of ether oxygens (including phenoxy) is 1. The molecule has 0 radical (unpaired) electrons. The maximum Gasteiger partial charge on any atom is 0.358 e. The van der Waals surface area contributed by atoms with Crippen molar-refractivity contribution < 1.29 is 19.1 Å². The van der Waals surface area contributed by atoms with Crippen molar-refractivity contribution in [2.45, 2.75) is 19.4 Å². The molecule has 31 heavy (non-hydrogen) atoms. The number of aromatic nitrogens is 1. The first-order valence-corrected chi connectivity index (χ1v) is 10.7. The fourth-order valence-corrected chi connectivity index (χ4v) is 4.26.